The van der Waals surface area contributed by atoms with Gasteiger partial charge in [0.25, 0.3) is 0 Å². The standard InChI is InChI=1S/C14H15N3O3S/c15-9-5-10(7-11(6-9)21(16,18)19)17-13-8-20-14-4-2-1-3-12(13)14/h1-7,13,17H,8,15H2,(H2,16,18,19). The number of anilines is 2. The first-order valence-electron chi connectivity index (χ1n) is 6.35. The molecule has 7 heteroatoms. The number of para-hydroxylation sites is 1. The van der Waals surface area contributed by atoms with Crippen LogP contribution in [0.4, 0.5) is 11.4 Å². The summed E-state index contributed by atoms with van der Waals surface area (Å²) in [6.45, 7) is 0.471. The molecule has 2 aromatic rings. The third-order valence-corrected chi connectivity index (χ3v) is 4.19. The Morgan fingerprint density at radius 2 is 1.95 bits per heavy atom. The topological polar surface area (TPSA) is 107 Å². The van der Waals surface area contributed by atoms with E-state index in [4.69, 9.17) is 15.6 Å². The highest BCUT2D eigenvalue weighted by Gasteiger charge is 2.23. The summed E-state index contributed by atoms with van der Waals surface area (Å²) in [5, 5.41) is 8.37. The van der Waals surface area contributed by atoms with E-state index in [1.165, 1.54) is 12.1 Å². The molecule has 2 aromatic carbocycles. The molecule has 0 bridgehead atoms. The SMILES string of the molecule is Nc1cc(NC2COc3ccccc32)cc(S(N)(=O)=O)c1. The van der Waals surface area contributed by atoms with Gasteiger partial charge in [-0.25, -0.2) is 13.6 Å². The molecule has 0 fully saturated rings. The zero-order valence-corrected chi connectivity index (χ0v) is 11.9. The van der Waals surface area contributed by atoms with Gasteiger partial charge in [0.05, 0.1) is 10.9 Å². The van der Waals surface area contributed by atoms with Gasteiger partial charge < -0.3 is 15.8 Å². The maximum Gasteiger partial charge on any atom is 0.238 e. The molecule has 1 aliphatic rings. The van der Waals surface area contributed by atoms with Gasteiger partial charge in [-0.05, 0) is 24.3 Å². The van der Waals surface area contributed by atoms with Crippen molar-refractivity contribution < 1.29 is 13.2 Å². The summed E-state index contributed by atoms with van der Waals surface area (Å²) in [6.07, 6.45) is 0. The minimum atomic E-state index is -3.79. The van der Waals surface area contributed by atoms with Crippen LogP contribution < -0.4 is 20.9 Å². The predicted octanol–water partition coefficient (Wildman–Crippen LogP) is 1.46. The van der Waals surface area contributed by atoms with Gasteiger partial charge in [-0.1, -0.05) is 18.2 Å². The predicted molar refractivity (Wildman–Crippen MR) is 80.5 cm³/mol. The van der Waals surface area contributed by atoms with Crippen LogP contribution in [0.5, 0.6) is 5.75 Å². The lowest BCUT2D eigenvalue weighted by Gasteiger charge is -2.14. The quantitative estimate of drug-likeness (QED) is 0.744. The zero-order chi connectivity index (χ0) is 15.0. The summed E-state index contributed by atoms with van der Waals surface area (Å²) >= 11 is 0. The number of sulfonamides is 1. The Hall–Kier alpha value is -2.25. The molecule has 0 spiro atoms. The summed E-state index contributed by atoms with van der Waals surface area (Å²) < 4.78 is 28.5. The molecule has 0 amide bonds. The number of benzene rings is 2. The molecule has 0 radical (unpaired) electrons. The number of ether oxygens (including phenoxy) is 1. The van der Waals surface area contributed by atoms with Crippen LogP contribution in [0.15, 0.2) is 47.4 Å². The molecule has 1 aliphatic heterocycles. The highest BCUT2D eigenvalue weighted by atomic mass is 32.2. The van der Waals surface area contributed by atoms with Crippen molar-refractivity contribution in [3.8, 4) is 5.75 Å². The number of primary sulfonamides is 1. The van der Waals surface area contributed by atoms with E-state index in [0.29, 0.717) is 18.0 Å². The maximum absolute atomic E-state index is 11.4. The van der Waals surface area contributed by atoms with Gasteiger partial charge in [0.15, 0.2) is 0 Å². The third-order valence-electron chi connectivity index (χ3n) is 3.30. The van der Waals surface area contributed by atoms with E-state index >= 15 is 0 Å². The lowest BCUT2D eigenvalue weighted by Crippen LogP contribution is -2.15. The van der Waals surface area contributed by atoms with Crippen molar-refractivity contribution in [1.29, 1.82) is 0 Å². The van der Waals surface area contributed by atoms with Crippen LogP contribution in [0.25, 0.3) is 0 Å². The van der Waals surface area contributed by atoms with Gasteiger partial charge in [-0.2, -0.15) is 0 Å². The van der Waals surface area contributed by atoms with Gasteiger partial charge in [0, 0.05) is 16.9 Å². The van der Waals surface area contributed by atoms with E-state index in [9.17, 15) is 8.42 Å². The third kappa shape index (κ3) is 2.79. The number of hydrogen-bond donors (Lipinski definition) is 3. The van der Waals surface area contributed by atoms with Crippen LogP contribution >= 0.6 is 0 Å². The molecule has 110 valence electrons. The van der Waals surface area contributed by atoms with Crippen LogP contribution in [-0.4, -0.2) is 15.0 Å². The Morgan fingerprint density at radius 1 is 1.19 bits per heavy atom. The Kier molecular flexibility index (Phi) is 3.23. The first kappa shape index (κ1) is 13.7. The van der Waals surface area contributed by atoms with Crippen molar-refractivity contribution in [3.05, 3.63) is 48.0 Å². The van der Waals surface area contributed by atoms with Crippen LogP contribution in [0.2, 0.25) is 0 Å². The number of fused-ring (bicyclic) bond motifs is 1. The van der Waals surface area contributed by atoms with Crippen LogP contribution in [0.1, 0.15) is 11.6 Å². The second-order valence-electron chi connectivity index (χ2n) is 4.88. The Balaban J connectivity index is 1.92. The van der Waals surface area contributed by atoms with E-state index in [0.717, 1.165) is 11.3 Å². The van der Waals surface area contributed by atoms with Gasteiger partial charge in [0.2, 0.25) is 10.0 Å². The number of nitrogens with two attached hydrogens (primary N) is 2. The molecule has 1 atom stereocenters. The van der Waals surface area contributed by atoms with Gasteiger partial charge in [0.1, 0.15) is 12.4 Å². The molecule has 0 aliphatic carbocycles. The number of rotatable bonds is 3. The van der Waals surface area contributed by atoms with Crippen LogP contribution in [0, 0.1) is 0 Å². The molecule has 5 N–H and O–H groups in total. The highest BCUT2D eigenvalue weighted by molar-refractivity contribution is 7.89. The van der Waals surface area contributed by atoms with Crippen molar-refractivity contribution in [2.24, 2.45) is 5.14 Å². The monoisotopic (exact) mass is 305 g/mol. The number of nitrogens with one attached hydrogen (secondary N) is 1. The van der Waals surface area contributed by atoms with Crippen LogP contribution in [-0.2, 0) is 10.0 Å². The Labute approximate surface area is 122 Å². The van der Waals surface area contributed by atoms with E-state index in [1.807, 2.05) is 24.3 Å². The zero-order valence-electron chi connectivity index (χ0n) is 11.1. The molecule has 1 unspecified atom stereocenters. The fraction of sp³-hybridized carbons (Fsp3) is 0.143. The van der Waals surface area contributed by atoms with Crippen LogP contribution in [0.3, 0.4) is 0 Å². The minimum Gasteiger partial charge on any atom is -0.491 e. The minimum absolute atomic E-state index is 0.0165. The molecular weight excluding hydrogens is 290 g/mol. The molecule has 0 saturated carbocycles. The summed E-state index contributed by atoms with van der Waals surface area (Å²) in [6, 6.07) is 12.1. The second kappa shape index (κ2) is 4.94. The highest BCUT2D eigenvalue weighted by Crippen LogP contribution is 2.34. The molecule has 3 rings (SSSR count). The molecule has 1 heterocycles. The molecule has 6 nitrogen and oxygen atoms in total. The van der Waals surface area contributed by atoms with E-state index < -0.39 is 10.0 Å². The van der Waals surface area contributed by atoms with E-state index in [-0.39, 0.29) is 10.9 Å². The first-order valence-corrected chi connectivity index (χ1v) is 7.90. The summed E-state index contributed by atoms with van der Waals surface area (Å²) in [4.78, 5) is -0.0165. The van der Waals surface area contributed by atoms with Crippen molar-refractivity contribution in [2.75, 3.05) is 17.7 Å². The average molecular weight is 305 g/mol. The fourth-order valence-electron chi connectivity index (χ4n) is 2.35. The largest absolute Gasteiger partial charge is 0.491 e. The Morgan fingerprint density at radius 3 is 2.71 bits per heavy atom. The van der Waals surface area contributed by atoms with E-state index in [1.54, 1.807) is 6.07 Å². The van der Waals surface area contributed by atoms with Gasteiger partial charge in [-0.3, -0.25) is 0 Å². The second-order valence-corrected chi connectivity index (χ2v) is 6.44. The van der Waals surface area contributed by atoms with Crippen molar-refractivity contribution >= 4 is 21.4 Å². The lowest BCUT2D eigenvalue weighted by atomic mass is 10.1. The van der Waals surface area contributed by atoms with Gasteiger partial charge in [-0.15, -0.1) is 0 Å². The summed E-state index contributed by atoms with van der Waals surface area (Å²) in [5.74, 6) is 0.825. The molecule has 21 heavy (non-hydrogen) atoms. The van der Waals surface area contributed by atoms with Crippen molar-refractivity contribution in [2.45, 2.75) is 10.9 Å². The molecule has 0 aromatic heterocycles. The number of hydrogen-bond acceptors (Lipinski definition) is 5. The number of nitrogen functional groups attached to an aromatic ring is 1. The molecular formula is C14H15N3O3S. The van der Waals surface area contributed by atoms with Gasteiger partial charge >= 0.3 is 0 Å². The van der Waals surface area contributed by atoms with E-state index in [2.05, 4.69) is 5.32 Å². The maximum atomic E-state index is 11.4. The Bertz CT molecular complexity index is 790. The van der Waals surface area contributed by atoms with Crippen molar-refractivity contribution in [3.63, 3.8) is 0 Å². The first-order chi connectivity index (χ1) is 9.93. The smallest absolute Gasteiger partial charge is 0.238 e. The summed E-state index contributed by atoms with van der Waals surface area (Å²) in [5.41, 5.74) is 7.68. The summed E-state index contributed by atoms with van der Waals surface area (Å²) in [7, 11) is -3.79. The lowest BCUT2D eigenvalue weighted by molar-refractivity contribution is 0.340. The fourth-order valence-corrected chi connectivity index (χ4v) is 2.94. The van der Waals surface area contributed by atoms with Crippen molar-refractivity contribution in [1.82, 2.24) is 0 Å². The molecule has 0 saturated heterocycles. The average Bonchev–Trinajstić information content (AvgIpc) is 2.81. The normalized spacial score (nSPS) is 17.1.